The van der Waals surface area contributed by atoms with Crippen molar-refractivity contribution in [2.75, 3.05) is 0 Å². The Labute approximate surface area is 119 Å². The highest BCUT2D eigenvalue weighted by molar-refractivity contribution is 5.83. The molecule has 0 unspecified atom stereocenters. The van der Waals surface area contributed by atoms with E-state index in [-0.39, 0.29) is 5.91 Å². The molecule has 0 saturated heterocycles. The molecule has 1 heterocycles. The van der Waals surface area contributed by atoms with Crippen LogP contribution < -0.4 is 4.74 Å². The molecule has 0 aliphatic rings. The summed E-state index contributed by atoms with van der Waals surface area (Å²) in [5.74, 6) is 0.546. The van der Waals surface area contributed by atoms with Crippen LogP contribution in [0.1, 0.15) is 34.2 Å². The summed E-state index contributed by atoms with van der Waals surface area (Å²) in [5, 5.41) is 4.19. The van der Waals surface area contributed by atoms with Crippen LogP contribution in [0.3, 0.4) is 0 Å². The second kappa shape index (κ2) is 5.49. The van der Waals surface area contributed by atoms with Crippen molar-refractivity contribution in [3.8, 4) is 5.75 Å². The highest BCUT2D eigenvalue weighted by Crippen LogP contribution is 2.18. The van der Waals surface area contributed by atoms with Crippen LogP contribution >= 0.6 is 0 Å². The molecule has 1 atom stereocenters. The van der Waals surface area contributed by atoms with Crippen LogP contribution in [0.4, 0.5) is 0 Å². The van der Waals surface area contributed by atoms with Crippen LogP contribution in [-0.2, 0) is 0 Å². The van der Waals surface area contributed by atoms with Gasteiger partial charge in [-0.25, -0.2) is 4.68 Å². The molecule has 0 spiro atoms. The average Bonchev–Trinajstić information content (AvgIpc) is 2.72. The Bertz CT molecular complexity index is 644. The van der Waals surface area contributed by atoms with Crippen molar-refractivity contribution in [3.05, 3.63) is 46.8 Å². The number of aryl methyl sites for hydroxylation is 4. The normalized spacial score (nSPS) is 12.2. The minimum absolute atomic E-state index is 0.158. The molecule has 0 fully saturated rings. The van der Waals surface area contributed by atoms with Crippen molar-refractivity contribution >= 4 is 5.91 Å². The van der Waals surface area contributed by atoms with Gasteiger partial charge in [0.15, 0.2) is 6.10 Å². The molecule has 0 amide bonds. The van der Waals surface area contributed by atoms with Crippen LogP contribution in [0, 0.1) is 27.7 Å². The maximum absolute atomic E-state index is 12.3. The molecular formula is C16H20N2O2. The predicted octanol–water partition coefficient (Wildman–Crippen LogP) is 3.22. The smallest absolute Gasteiger partial charge is 0.287 e. The van der Waals surface area contributed by atoms with E-state index < -0.39 is 6.10 Å². The van der Waals surface area contributed by atoms with Gasteiger partial charge >= 0.3 is 0 Å². The van der Waals surface area contributed by atoms with Crippen LogP contribution in [-0.4, -0.2) is 21.8 Å². The van der Waals surface area contributed by atoms with Crippen LogP contribution in [0.15, 0.2) is 24.3 Å². The minimum Gasteiger partial charge on any atom is -0.481 e. The molecule has 0 aliphatic carbocycles. The predicted molar refractivity (Wildman–Crippen MR) is 78.3 cm³/mol. The van der Waals surface area contributed by atoms with Crippen molar-refractivity contribution < 1.29 is 9.53 Å². The molecule has 1 aromatic carbocycles. The first kappa shape index (κ1) is 14.3. The lowest BCUT2D eigenvalue weighted by molar-refractivity contribution is 0.0707. The number of nitrogens with zero attached hydrogens (tertiary/aromatic N) is 2. The monoisotopic (exact) mass is 272 g/mol. The summed E-state index contributed by atoms with van der Waals surface area (Å²) in [4.78, 5) is 12.3. The number of hydrogen-bond acceptors (Lipinski definition) is 3. The lowest BCUT2D eigenvalue weighted by Gasteiger charge is -2.15. The molecule has 0 radical (unpaired) electrons. The van der Waals surface area contributed by atoms with E-state index in [9.17, 15) is 4.79 Å². The van der Waals surface area contributed by atoms with Crippen molar-refractivity contribution in [1.29, 1.82) is 0 Å². The molecule has 1 aromatic heterocycles. The Morgan fingerprint density at radius 3 is 2.40 bits per heavy atom. The Kier molecular flexibility index (Phi) is 3.93. The lowest BCUT2D eigenvalue weighted by Crippen LogP contribution is -2.30. The third-order valence-corrected chi connectivity index (χ3v) is 3.36. The molecular weight excluding hydrogens is 252 g/mol. The van der Waals surface area contributed by atoms with Gasteiger partial charge < -0.3 is 4.74 Å². The number of carbonyl (C=O) groups excluding carboxylic acids is 1. The van der Waals surface area contributed by atoms with Gasteiger partial charge in [-0.05, 0) is 63.9 Å². The maximum Gasteiger partial charge on any atom is 0.287 e. The Morgan fingerprint density at radius 1 is 1.15 bits per heavy atom. The standard InChI is InChI=1S/C16H20N2O2/c1-10-6-7-15(8-11(10)2)20-14(5)16(19)18-13(4)9-12(3)17-18/h6-9,14H,1-5H3/t14-/m1/s1. The van der Waals surface area contributed by atoms with E-state index in [0.29, 0.717) is 5.75 Å². The third-order valence-electron chi connectivity index (χ3n) is 3.36. The maximum atomic E-state index is 12.3. The zero-order valence-corrected chi connectivity index (χ0v) is 12.6. The van der Waals surface area contributed by atoms with E-state index in [1.807, 2.05) is 52.0 Å². The van der Waals surface area contributed by atoms with Gasteiger partial charge in [0, 0.05) is 5.69 Å². The van der Waals surface area contributed by atoms with E-state index in [1.54, 1.807) is 6.92 Å². The molecule has 0 saturated carbocycles. The van der Waals surface area contributed by atoms with E-state index in [4.69, 9.17) is 4.74 Å². The van der Waals surface area contributed by atoms with Gasteiger partial charge in [0.2, 0.25) is 0 Å². The first-order valence-electron chi connectivity index (χ1n) is 6.70. The fourth-order valence-corrected chi connectivity index (χ4v) is 2.07. The lowest BCUT2D eigenvalue weighted by atomic mass is 10.1. The van der Waals surface area contributed by atoms with Crippen LogP contribution in [0.5, 0.6) is 5.75 Å². The van der Waals surface area contributed by atoms with Gasteiger partial charge in [-0.2, -0.15) is 5.10 Å². The number of hydrogen-bond donors (Lipinski definition) is 0. The second-order valence-electron chi connectivity index (χ2n) is 5.18. The zero-order chi connectivity index (χ0) is 14.9. The van der Waals surface area contributed by atoms with Gasteiger partial charge in [0.05, 0.1) is 5.69 Å². The number of ether oxygens (including phenoxy) is 1. The average molecular weight is 272 g/mol. The number of benzene rings is 1. The summed E-state index contributed by atoms with van der Waals surface area (Å²) in [7, 11) is 0. The number of aromatic nitrogens is 2. The molecule has 20 heavy (non-hydrogen) atoms. The van der Waals surface area contributed by atoms with Crippen molar-refractivity contribution in [3.63, 3.8) is 0 Å². The molecule has 4 nitrogen and oxygen atoms in total. The van der Waals surface area contributed by atoms with Gasteiger partial charge in [0.25, 0.3) is 5.91 Å². The topological polar surface area (TPSA) is 44.1 Å². The molecule has 106 valence electrons. The molecule has 0 bridgehead atoms. The fourth-order valence-electron chi connectivity index (χ4n) is 2.07. The molecule has 0 N–H and O–H groups in total. The SMILES string of the molecule is Cc1cc(C)n(C(=O)[C@@H](C)Oc2ccc(C)c(C)c2)n1. The Hall–Kier alpha value is -2.10. The summed E-state index contributed by atoms with van der Waals surface area (Å²) in [5.41, 5.74) is 4.00. The quantitative estimate of drug-likeness (QED) is 0.861. The Balaban J connectivity index is 2.15. The highest BCUT2D eigenvalue weighted by atomic mass is 16.5. The van der Waals surface area contributed by atoms with Crippen molar-refractivity contribution in [2.45, 2.75) is 40.7 Å². The third kappa shape index (κ3) is 2.90. The number of carbonyl (C=O) groups is 1. The van der Waals surface area contributed by atoms with E-state index in [2.05, 4.69) is 5.10 Å². The molecule has 4 heteroatoms. The Morgan fingerprint density at radius 2 is 1.85 bits per heavy atom. The second-order valence-corrected chi connectivity index (χ2v) is 5.18. The molecule has 2 rings (SSSR count). The fraction of sp³-hybridized carbons (Fsp3) is 0.375. The summed E-state index contributed by atoms with van der Waals surface area (Å²) in [6.07, 6.45) is -0.574. The van der Waals surface area contributed by atoms with E-state index in [0.717, 1.165) is 17.0 Å². The van der Waals surface area contributed by atoms with Gasteiger partial charge in [-0.15, -0.1) is 0 Å². The summed E-state index contributed by atoms with van der Waals surface area (Å²) >= 11 is 0. The summed E-state index contributed by atoms with van der Waals surface area (Å²) in [6.45, 7) is 9.54. The first-order chi connectivity index (χ1) is 9.38. The van der Waals surface area contributed by atoms with Crippen molar-refractivity contribution in [2.24, 2.45) is 0 Å². The molecule has 2 aromatic rings. The first-order valence-corrected chi connectivity index (χ1v) is 6.70. The number of rotatable bonds is 3. The van der Waals surface area contributed by atoms with Gasteiger partial charge in [-0.1, -0.05) is 6.07 Å². The van der Waals surface area contributed by atoms with Crippen LogP contribution in [0.25, 0.3) is 0 Å². The largest absolute Gasteiger partial charge is 0.481 e. The van der Waals surface area contributed by atoms with Gasteiger partial charge in [-0.3, -0.25) is 4.79 Å². The van der Waals surface area contributed by atoms with Gasteiger partial charge in [0.1, 0.15) is 5.75 Å². The van der Waals surface area contributed by atoms with Crippen LogP contribution in [0.2, 0.25) is 0 Å². The van der Waals surface area contributed by atoms with Crippen molar-refractivity contribution in [1.82, 2.24) is 9.78 Å². The molecule has 0 aliphatic heterocycles. The van der Waals surface area contributed by atoms with E-state index in [1.165, 1.54) is 10.2 Å². The minimum atomic E-state index is -0.574. The van der Waals surface area contributed by atoms with E-state index >= 15 is 0 Å². The zero-order valence-electron chi connectivity index (χ0n) is 12.6. The summed E-state index contributed by atoms with van der Waals surface area (Å²) < 4.78 is 7.12. The highest BCUT2D eigenvalue weighted by Gasteiger charge is 2.19. The summed E-state index contributed by atoms with van der Waals surface area (Å²) in [6, 6.07) is 7.69.